The number of nitroso groups, excluding NO2 is 1. The third-order valence-corrected chi connectivity index (χ3v) is 0.660. The van der Waals surface area contributed by atoms with Crippen molar-refractivity contribution in [2.24, 2.45) is 4.99 Å². The Morgan fingerprint density at radius 3 is 2.83 bits per heavy atom. The normalized spacial score (nSPS) is 19.7. The van der Waals surface area contributed by atoms with Crippen molar-refractivity contribution in [2.75, 3.05) is 13.1 Å². The summed E-state index contributed by atoms with van der Waals surface area (Å²) in [4.78, 5) is 13.7. The van der Waals surface area contributed by atoms with Crippen molar-refractivity contribution >= 4 is 6.34 Å². The van der Waals surface area contributed by atoms with Crippen LogP contribution in [0.2, 0.25) is 0 Å². The highest BCUT2D eigenvalue weighted by Crippen LogP contribution is 1.79. The first-order valence-electron chi connectivity index (χ1n) is 1.83. The Kier molecular flexibility index (Phi) is 0.670. The van der Waals surface area contributed by atoms with E-state index in [1.807, 2.05) is 0 Å². The Bertz CT molecular complexity index is 97.0. The Morgan fingerprint density at radius 2 is 2.67 bits per heavy atom. The second-order valence-corrected chi connectivity index (χ2v) is 1.16. The molecule has 0 fully saturated rings. The molecular formula is C3H5N2O+. The van der Waals surface area contributed by atoms with Crippen LogP contribution >= 0.6 is 0 Å². The van der Waals surface area contributed by atoms with Gasteiger partial charge in [0.25, 0.3) is 0 Å². The van der Waals surface area contributed by atoms with Gasteiger partial charge in [0, 0.05) is 0 Å². The van der Waals surface area contributed by atoms with E-state index in [1.165, 1.54) is 6.34 Å². The Labute approximate surface area is 35.3 Å². The summed E-state index contributed by atoms with van der Waals surface area (Å²) >= 11 is 0. The molecule has 1 aliphatic heterocycles. The van der Waals surface area contributed by atoms with Crippen LogP contribution in [0.5, 0.6) is 0 Å². The number of hydrogen-bond acceptors (Lipinski definition) is 2. The molecule has 0 aliphatic carbocycles. The monoisotopic (exact) mass is 85.0 g/mol. The summed E-state index contributed by atoms with van der Waals surface area (Å²) in [6.45, 7) is 1.21. The van der Waals surface area contributed by atoms with Crippen molar-refractivity contribution in [2.45, 2.75) is 0 Å². The zero-order valence-corrected chi connectivity index (χ0v) is 3.29. The van der Waals surface area contributed by atoms with E-state index in [4.69, 9.17) is 0 Å². The average Bonchev–Trinajstić information content (AvgIpc) is 1.86. The number of rotatable bonds is 0. The van der Waals surface area contributed by atoms with Gasteiger partial charge in [-0.05, 0) is 4.76 Å². The van der Waals surface area contributed by atoms with Crippen LogP contribution in [0.3, 0.4) is 0 Å². The molecule has 0 saturated heterocycles. The van der Waals surface area contributed by atoms with Crippen molar-refractivity contribution in [3.05, 3.63) is 4.91 Å². The van der Waals surface area contributed by atoms with Crippen molar-refractivity contribution in [1.29, 1.82) is 0 Å². The lowest BCUT2D eigenvalue weighted by Crippen LogP contribution is -1.99. The van der Waals surface area contributed by atoms with E-state index in [1.54, 1.807) is 0 Å². The van der Waals surface area contributed by atoms with Gasteiger partial charge >= 0.3 is 6.34 Å². The molecule has 0 amide bonds. The van der Waals surface area contributed by atoms with Crippen molar-refractivity contribution in [1.82, 2.24) is 0 Å². The first-order valence-corrected chi connectivity index (χ1v) is 1.83. The van der Waals surface area contributed by atoms with Crippen molar-refractivity contribution < 1.29 is 4.76 Å². The Hall–Kier alpha value is -0.730. The molecule has 0 saturated carbocycles. The molecule has 6 heavy (non-hydrogen) atoms. The summed E-state index contributed by atoms with van der Waals surface area (Å²) < 4.78 is 0.819. The van der Waals surface area contributed by atoms with Crippen LogP contribution in [0.1, 0.15) is 0 Å². The van der Waals surface area contributed by atoms with Gasteiger partial charge in [0.15, 0.2) is 13.1 Å². The van der Waals surface area contributed by atoms with Crippen LogP contribution in [-0.4, -0.2) is 24.2 Å². The molecule has 0 radical (unpaired) electrons. The van der Waals surface area contributed by atoms with Gasteiger partial charge in [-0.3, -0.25) is 0 Å². The summed E-state index contributed by atoms with van der Waals surface area (Å²) in [7, 11) is 0. The minimum absolute atomic E-state index is 0.542. The Balaban J connectivity index is 2.59. The molecule has 0 spiro atoms. The highest BCUT2D eigenvalue weighted by Gasteiger charge is 2.07. The summed E-state index contributed by atoms with van der Waals surface area (Å²) in [5, 5.41) is 0. The van der Waals surface area contributed by atoms with E-state index in [0.717, 1.165) is 4.76 Å². The van der Waals surface area contributed by atoms with E-state index in [-0.39, 0.29) is 0 Å². The first-order chi connectivity index (χ1) is 2.89. The first kappa shape index (κ1) is 3.46. The third-order valence-electron chi connectivity index (χ3n) is 0.660. The molecule has 3 nitrogen and oxygen atoms in total. The molecule has 0 unspecified atom stereocenters. The molecule has 0 aromatic heterocycles. The van der Waals surface area contributed by atoms with Gasteiger partial charge in [0.05, 0.1) is 0 Å². The lowest BCUT2D eigenvalue weighted by Gasteiger charge is -1.65. The molecule has 0 aromatic carbocycles. The summed E-state index contributed by atoms with van der Waals surface area (Å²) in [5.41, 5.74) is 0. The minimum atomic E-state index is 0.542. The zero-order chi connectivity index (χ0) is 4.41. The molecule has 0 atom stereocenters. The number of aliphatic imine (C=N–C) groups is 1. The molecule has 0 bridgehead atoms. The quantitative estimate of drug-likeness (QED) is 0.375. The standard InChI is InChI=1S/C3H5N2O/c6-5-2-1-4-3-5/h3H,1-2H2/q+1. The van der Waals surface area contributed by atoms with E-state index in [0.29, 0.717) is 13.1 Å². The zero-order valence-electron chi connectivity index (χ0n) is 3.29. The fourth-order valence-electron chi connectivity index (χ4n) is 0.363. The number of hydrogen-bond donors (Lipinski definition) is 0. The van der Waals surface area contributed by atoms with Crippen LogP contribution in [0.4, 0.5) is 0 Å². The fourth-order valence-corrected chi connectivity index (χ4v) is 0.363. The number of nitrogens with zero attached hydrogens (tertiary/aromatic N) is 2. The summed E-state index contributed by atoms with van der Waals surface area (Å²) in [6, 6.07) is 0. The van der Waals surface area contributed by atoms with Gasteiger partial charge in [0.2, 0.25) is 0 Å². The topological polar surface area (TPSA) is 32.4 Å². The van der Waals surface area contributed by atoms with Crippen molar-refractivity contribution in [3.8, 4) is 0 Å². The van der Waals surface area contributed by atoms with Crippen molar-refractivity contribution in [3.63, 3.8) is 0 Å². The highest BCUT2D eigenvalue weighted by molar-refractivity contribution is 5.44. The molecular weight excluding hydrogens is 80.0 g/mol. The predicted octanol–water partition coefficient (Wildman–Crippen LogP) is -0.193. The summed E-state index contributed by atoms with van der Waals surface area (Å²) in [5.74, 6) is 0. The van der Waals surface area contributed by atoms with Crippen LogP contribution in [-0.2, 0) is 0 Å². The van der Waals surface area contributed by atoms with Crippen LogP contribution in [0, 0.1) is 4.91 Å². The van der Waals surface area contributed by atoms with E-state index in [2.05, 4.69) is 4.99 Å². The van der Waals surface area contributed by atoms with E-state index >= 15 is 0 Å². The lowest BCUT2D eigenvalue weighted by atomic mass is 10.7. The lowest BCUT2D eigenvalue weighted by molar-refractivity contribution is -0.408. The van der Waals surface area contributed by atoms with Crippen LogP contribution < -0.4 is 0 Å². The van der Waals surface area contributed by atoms with Gasteiger partial charge in [-0.25, -0.2) is 0 Å². The fraction of sp³-hybridized carbons (Fsp3) is 0.667. The largest absolute Gasteiger partial charge is 0.318 e. The van der Waals surface area contributed by atoms with Gasteiger partial charge < -0.3 is 0 Å². The van der Waals surface area contributed by atoms with Gasteiger partial charge in [-0.15, -0.1) is 0 Å². The smallest absolute Gasteiger partial charge is 0.0832 e. The predicted molar refractivity (Wildman–Crippen MR) is 21.9 cm³/mol. The Morgan fingerprint density at radius 1 is 1.83 bits per heavy atom. The molecule has 0 N–H and O–H groups in total. The van der Waals surface area contributed by atoms with E-state index < -0.39 is 0 Å². The molecule has 0 aromatic rings. The molecule has 1 rings (SSSR count). The maximum atomic E-state index is 10.0. The van der Waals surface area contributed by atoms with Crippen LogP contribution in [0.25, 0.3) is 0 Å². The summed E-state index contributed by atoms with van der Waals surface area (Å²) in [6.07, 6.45) is 1.31. The van der Waals surface area contributed by atoms with Gasteiger partial charge in [-0.2, -0.15) is 0 Å². The SMILES string of the molecule is O=[N+]1C=NCC1. The molecule has 3 heteroatoms. The third kappa shape index (κ3) is 0.429. The van der Waals surface area contributed by atoms with Gasteiger partial charge in [-0.1, -0.05) is 9.90 Å². The molecule has 32 valence electrons. The minimum Gasteiger partial charge on any atom is -0.0832 e. The molecule has 1 heterocycles. The van der Waals surface area contributed by atoms with E-state index in [9.17, 15) is 4.91 Å². The van der Waals surface area contributed by atoms with Crippen LogP contribution in [0.15, 0.2) is 4.99 Å². The maximum Gasteiger partial charge on any atom is 0.318 e. The second kappa shape index (κ2) is 1.16. The highest BCUT2D eigenvalue weighted by atomic mass is 16.3. The average molecular weight is 85.1 g/mol. The van der Waals surface area contributed by atoms with Gasteiger partial charge in [0.1, 0.15) is 0 Å². The maximum absolute atomic E-state index is 10.0. The molecule has 1 aliphatic rings. The second-order valence-electron chi connectivity index (χ2n) is 1.16.